The maximum Gasteiger partial charge on any atom is 0.236 e. The highest BCUT2D eigenvalue weighted by Crippen LogP contribution is 2.54. The van der Waals surface area contributed by atoms with Gasteiger partial charge >= 0.3 is 0 Å². The van der Waals surface area contributed by atoms with Gasteiger partial charge < -0.3 is 4.40 Å². The summed E-state index contributed by atoms with van der Waals surface area (Å²) in [6.07, 6.45) is 0. The molecule has 9 aromatic carbocycles. The molecular formula is C59H36N4S. The third-order valence-electron chi connectivity index (χ3n) is 14.5. The number of aromatic nitrogens is 4. The van der Waals surface area contributed by atoms with Gasteiger partial charge in [0.2, 0.25) is 5.95 Å². The van der Waals surface area contributed by atoms with Crippen LogP contribution >= 0.6 is 11.3 Å². The molecule has 0 fully saturated rings. The van der Waals surface area contributed by atoms with Crippen molar-refractivity contribution in [1.29, 1.82) is 0 Å². The van der Waals surface area contributed by atoms with E-state index in [1.165, 1.54) is 103 Å². The van der Waals surface area contributed by atoms with Crippen LogP contribution in [0.3, 0.4) is 0 Å². The molecule has 15 rings (SSSR count). The van der Waals surface area contributed by atoms with Crippen molar-refractivity contribution in [2.24, 2.45) is 0 Å². The predicted molar refractivity (Wildman–Crippen MR) is 270 cm³/mol. The third-order valence-corrected chi connectivity index (χ3v) is 15.6. The van der Waals surface area contributed by atoms with Gasteiger partial charge in [-0.25, -0.2) is 9.97 Å². The zero-order valence-corrected chi connectivity index (χ0v) is 35.8. The molecule has 0 bridgehead atoms. The van der Waals surface area contributed by atoms with E-state index in [9.17, 15) is 0 Å². The van der Waals surface area contributed by atoms with Gasteiger partial charge in [0, 0.05) is 58.8 Å². The normalized spacial score (nSPS) is 13.6. The minimum absolute atomic E-state index is 0.136. The molecule has 5 heteroatoms. The molecule has 298 valence electrons. The molecule has 0 aliphatic heterocycles. The molecule has 64 heavy (non-hydrogen) atoms. The van der Waals surface area contributed by atoms with Gasteiger partial charge in [-0.2, -0.15) is 0 Å². The molecule has 0 amide bonds. The van der Waals surface area contributed by atoms with Crippen molar-refractivity contribution in [1.82, 2.24) is 18.9 Å². The van der Waals surface area contributed by atoms with Gasteiger partial charge in [0.1, 0.15) is 4.83 Å². The Hall–Kier alpha value is -7.86. The minimum Gasteiger partial charge on any atom is -0.308 e. The van der Waals surface area contributed by atoms with Crippen molar-refractivity contribution in [3.63, 3.8) is 0 Å². The summed E-state index contributed by atoms with van der Waals surface area (Å²) in [4.78, 5) is 11.8. The number of hydrogen-bond acceptors (Lipinski definition) is 3. The molecule has 0 radical (unpaired) electrons. The van der Waals surface area contributed by atoms with E-state index in [4.69, 9.17) is 9.97 Å². The SMILES string of the molecule is CC1(C)c2ccc(-c3ccc4c(c3)c3ccccc3n4-c3nc(-c4ccccc4)c4c(n3)sc3ccccc34)cc2-c2c1ccc1c2ccc2c1c1cccc3c4ccccc4n2c31. The molecule has 5 aromatic heterocycles. The second-order valence-corrected chi connectivity index (χ2v) is 19.1. The number of thiophene rings is 1. The van der Waals surface area contributed by atoms with Crippen molar-refractivity contribution in [2.45, 2.75) is 19.3 Å². The van der Waals surface area contributed by atoms with Gasteiger partial charge in [0.05, 0.1) is 33.3 Å². The lowest BCUT2D eigenvalue weighted by Crippen LogP contribution is -2.14. The van der Waals surface area contributed by atoms with Gasteiger partial charge in [0.25, 0.3) is 0 Å². The summed E-state index contributed by atoms with van der Waals surface area (Å²) in [5, 5.41) is 12.6. The summed E-state index contributed by atoms with van der Waals surface area (Å²) in [6, 6.07) is 67.1. The highest BCUT2D eigenvalue weighted by Gasteiger charge is 2.37. The van der Waals surface area contributed by atoms with Gasteiger partial charge in [0.15, 0.2) is 0 Å². The van der Waals surface area contributed by atoms with E-state index in [0.29, 0.717) is 5.95 Å². The average Bonchev–Trinajstić information content (AvgIpc) is 4.13. The Labute approximate surface area is 371 Å². The molecule has 14 aromatic rings. The lowest BCUT2D eigenvalue weighted by atomic mass is 9.81. The van der Waals surface area contributed by atoms with Crippen molar-refractivity contribution in [2.75, 3.05) is 0 Å². The third kappa shape index (κ3) is 4.37. The van der Waals surface area contributed by atoms with Crippen LogP contribution in [0.4, 0.5) is 0 Å². The lowest BCUT2D eigenvalue weighted by Gasteiger charge is -2.21. The molecular weight excluding hydrogens is 797 g/mol. The number of fused-ring (bicyclic) bond motifs is 18. The largest absolute Gasteiger partial charge is 0.308 e. The number of para-hydroxylation sites is 3. The van der Waals surface area contributed by atoms with Crippen LogP contribution < -0.4 is 0 Å². The Kier molecular flexibility index (Phi) is 6.61. The Morgan fingerprint density at radius 3 is 1.97 bits per heavy atom. The maximum atomic E-state index is 5.43. The first-order valence-corrected chi connectivity index (χ1v) is 22.9. The number of nitrogens with zero attached hydrogens (tertiary/aromatic N) is 4. The highest BCUT2D eigenvalue weighted by molar-refractivity contribution is 7.25. The van der Waals surface area contributed by atoms with E-state index in [0.717, 1.165) is 32.5 Å². The molecule has 0 unspecified atom stereocenters. The zero-order valence-electron chi connectivity index (χ0n) is 35.0. The Bertz CT molecular complexity index is 4340. The monoisotopic (exact) mass is 832 g/mol. The van der Waals surface area contributed by atoms with Gasteiger partial charge in [-0.3, -0.25) is 4.57 Å². The molecule has 1 aliphatic rings. The summed E-state index contributed by atoms with van der Waals surface area (Å²) >= 11 is 1.73. The van der Waals surface area contributed by atoms with Crippen molar-refractivity contribution in [3.8, 4) is 39.5 Å². The van der Waals surface area contributed by atoms with E-state index < -0.39 is 0 Å². The topological polar surface area (TPSA) is 35.1 Å². The van der Waals surface area contributed by atoms with E-state index in [1.54, 1.807) is 11.3 Å². The molecule has 0 N–H and O–H groups in total. The van der Waals surface area contributed by atoms with E-state index >= 15 is 0 Å². The minimum atomic E-state index is -0.136. The molecule has 5 heterocycles. The van der Waals surface area contributed by atoms with Crippen LogP contribution in [-0.4, -0.2) is 18.9 Å². The second kappa shape index (κ2) is 12.2. The molecule has 0 saturated heterocycles. The van der Waals surface area contributed by atoms with Crippen LogP contribution in [0, 0.1) is 0 Å². The fourth-order valence-corrected chi connectivity index (χ4v) is 12.7. The fraction of sp³-hybridized carbons (Fsp3) is 0.0508. The lowest BCUT2D eigenvalue weighted by molar-refractivity contribution is 0.661. The average molecular weight is 833 g/mol. The molecule has 0 saturated carbocycles. The van der Waals surface area contributed by atoms with Gasteiger partial charge in [-0.05, 0) is 86.6 Å². The van der Waals surface area contributed by atoms with Gasteiger partial charge in [-0.1, -0.05) is 153 Å². The Morgan fingerprint density at radius 2 is 1.09 bits per heavy atom. The summed E-state index contributed by atoms with van der Waals surface area (Å²) in [5.74, 6) is 0.684. The molecule has 4 nitrogen and oxygen atoms in total. The number of benzene rings is 9. The van der Waals surface area contributed by atoms with Crippen LogP contribution in [0.25, 0.3) is 130 Å². The quantitative estimate of drug-likeness (QED) is 0.178. The van der Waals surface area contributed by atoms with Crippen molar-refractivity contribution < 1.29 is 0 Å². The van der Waals surface area contributed by atoms with E-state index in [1.807, 2.05) is 0 Å². The molecule has 0 atom stereocenters. The predicted octanol–water partition coefficient (Wildman–Crippen LogP) is 15.9. The fourth-order valence-electron chi connectivity index (χ4n) is 11.7. The smallest absolute Gasteiger partial charge is 0.236 e. The van der Waals surface area contributed by atoms with Gasteiger partial charge in [-0.15, -0.1) is 11.3 Å². The zero-order chi connectivity index (χ0) is 42.0. The van der Waals surface area contributed by atoms with E-state index in [2.05, 4.69) is 205 Å². The summed E-state index contributed by atoms with van der Waals surface area (Å²) in [7, 11) is 0. The Morgan fingerprint density at radius 1 is 0.438 bits per heavy atom. The summed E-state index contributed by atoms with van der Waals surface area (Å²) < 4.78 is 5.96. The van der Waals surface area contributed by atoms with Crippen molar-refractivity contribution in [3.05, 3.63) is 193 Å². The standard InChI is InChI=1S/C59H36N4S/c1-59(2)45-27-23-34(32-44(45)52-38-26-30-50-53(39(38)25-28-46(52)59)42-19-12-18-40-36-15-6-9-20-47(36)62(50)56(40)42)35-24-29-49-43(31-35)37-16-7-10-21-48(37)63(49)58-60-55(33-13-4-3-5-14-33)54-41-17-8-11-22-51(41)64-57(54)61-58/h3-32H,1-2H3. The molecule has 1 aliphatic carbocycles. The van der Waals surface area contributed by atoms with Crippen LogP contribution in [0.1, 0.15) is 25.0 Å². The summed E-state index contributed by atoms with van der Waals surface area (Å²) in [6.45, 7) is 4.77. The maximum absolute atomic E-state index is 5.43. The Balaban J connectivity index is 0.927. The van der Waals surface area contributed by atoms with Crippen LogP contribution in [-0.2, 0) is 5.41 Å². The first kappa shape index (κ1) is 34.7. The number of hydrogen-bond donors (Lipinski definition) is 0. The first-order chi connectivity index (χ1) is 31.5. The number of rotatable bonds is 3. The summed E-state index contributed by atoms with van der Waals surface area (Å²) in [5.41, 5.74) is 15.8. The van der Waals surface area contributed by atoms with Crippen molar-refractivity contribution >= 4 is 102 Å². The van der Waals surface area contributed by atoms with Crippen LogP contribution in [0.2, 0.25) is 0 Å². The molecule has 0 spiro atoms. The van der Waals surface area contributed by atoms with Crippen LogP contribution in [0.15, 0.2) is 182 Å². The van der Waals surface area contributed by atoms with Crippen LogP contribution in [0.5, 0.6) is 0 Å². The highest BCUT2D eigenvalue weighted by atomic mass is 32.1. The van der Waals surface area contributed by atoms with E-state index in [-0.39, 0.29) is 5.41 Å². The second-order valence-electron chi connectivity index (χ2n) is 18.1. The first-order valence-electron chi connectivity index (χ1n) is 22.1.